The summed E-state index contributed by atoms with van der Waals surface area (Å²) in [7, 11) is -2.97. The molecule has 0 fully saturated rings. The normalized spacial score (nSPS) is 12.9. The number of amides is 1. The Bertz CT molecular complexity index is 1460. The van der Waals surface area contributed by atoms with E-state index in [1.54, 1.807) is 12.3 Å². The van der Waals surface area contributed by atoms with Crippen LogP contribution in [0.3, 0.4) is 0 Å². The van der Waals surface area contributed by atoms with E-state index in [0.29, 0.717) is 5.69 Å². The summed E-state index contributed by atoms with van der Waals surface area (Å²) in [6.07, 6.45) is -0.0647. The average molecular weight is 570 g/mol. The first-order valence-electron chi connectivity index (χ1n) is 10.9. The second kappa shape index (κ2) is 10.9. The molecule has 0 unspecified atom stereocenters. The molecule has 0 atom stereocenters. The number of carbonyl (C=O) groups excluding carboxylic acids is 2. The van der Waals surface area contributed by atoms with Crippen LogP contribution >= 0.6 is 22.9 Å². The lowest BCUT2D eigenvalue weighted by Gasteiger charge is -2.31. The predicted molar refractivity (Wildman–Crippen MR) is 135 cm³/mol. The summed E-state index contributed by atoms with van der Waals surface area (Å²) in [5.41, 5.74) is 0.0826. The minimum atomic E-state index is -4.28. The van der Waals surface area contributed by atoms with E-state index in [1.165, 1.54) is 31.4 Å². The lowest BCUT2D eigenvalue weighted by molar-refractivity contribution is -0.142. The Hall–Kier alpha value is -3.42. The van der Waals surface area contributed by atoms with Crippen LogP contribution in [0.2, 0.25) is 5.02 Å². The minimum Gasteiger partial charge on any atom is -0.495 e. The van der Waals surface area contributed by atoms with Crippen LogP contribution in [0.4, 0.5) is 15.2 Å². The molecule has 10 nitrogen and oxygen atoms in total. The molecule has 0 aliphatic carbocycles. The van der Waals surface area contributed by atoms with E-state index in [1.807, 2.05) is 0 Å². The third-order valence-corrected chi connectivity index (χ3v) is 8.07. The highest BCUT2D eigenvalue weighted by Gasteiger charge is 2.35. The minimum absolute atomic E-state index is 0.0502. The van der Waals surface area contributed by atoms with Gasteiger partial charge in [-0.2, -0.15) is 0 Å². The summed E-state index contributed by atoms with van der Waals surface area (Å²) < 4.78 is 58.5. The van der Waals surface area contributed by atoms with E-state index in [2.05, 4.69) is 10.3 Å². The van der Waals surface area contributed by atoms with Crippen LogP contribution in [0.1, 0.15) is 23.0 Å². The van der Waals surface area contributed by atoms with Gasteiger partial charge < -0.3 is 14.2 Å². The van der Waals surface area contributed by atoms with E-state index in [-0.39, 0.29) is 64.0 Å². The average Bonchev–Trinajstić information content (AvgIpc) is 3.30. The molecular weight excluding hydrogens is 549 g/mol. The van der Waals surface area contributed by atoms with Crippen LogP contribution in [-0.2, 0) is 26.0 Å². The maximum atomic E-state index is 15.0. The number of hydrogen-bond acceptors (Lipinski definition) is 9. The molecule has 1 aromatic heterocycles. The van der Waals surface area contributed by atoms with Gasteiger partial charge in [0.25, 0.3) is 15.9 Å². The van der Waals surface area contributed by atoms with Crippen LogP contribution < -0.4 is 19.1 Å². The van der Waals surface area contributed by atoms with Crippen molar-refractivity contribution in [2.45, 2.75) is 18.2 Å². The SMILES string of the molecule is CCOC(=O)Cc1csc(NC(=O)c2cc(F)c3c(c2)N(S(=O)(=O)c2cc(Cl)ccc2OC)CCO3)n1. The number of nitrogens with one attached hydrogen (secondary N) is 1. The Labute approximate surface area is 221 Å². The maximum Gasteiger partial charge on any atom is 0.311 e. The third-order valence-electron chi connectivity index (χ3n) is 5.19. The number of benzene rings is 2. The lowest BCUT2D eigenvalue weighted by atomic mass is 10.1. The van der Waals surface area contributed by atoms with E-state index in [9.17, 15) is 22.4 Å². The van der Waals surface area contributed by atoms with Crippen LogP contribution in [0.15, 0.2) is 40.6 Å². The topological polar surface area (TPSA) is 124 Å². The fourth-order valence-corrected chi connectivity index (χ4v) is 6.15. The molecule has 1 amide bonds. The van der Waals surface area contributed by atoms with Crippen molar-refractivity contribution in [2.24, 2.45) is 0 Å². The molecule has 4 rings (SSSR count). The number of aromatic nitrogens is 1. The van der Waals surface area contributed by atoms with Crippen molar-refractivity contribution < 1.29 is 36.6 Å². The number of carbonyl (C=O) groups is 2. The molecule has 0 radical (unpaired) electrons. The Morgan fingerprint density at radius 3 is 2.81 bits per heavy atom. The summed E-state index contributed by atoms with van der Waals surface area (Å²) in [6, 6.07) is 6.27. The third kappa shape index (κ3) is 5.63. The second-order valence-corrected chi connectivity index (χ2v) is 10.7. The van der Waals surface area contributed by atoms with Crippen LogP contribution in [0.5, 0.6) is 11.5 Å². The monoisotopic (exact) mass is 569 g/mol. The van der Waals surface area contributed by atoms with Gasteiger partial charge in [-0.1, -0.05) is 11.6 Å². The van der Waals surface area contributed by atoms with Crippen LogP contribution in [0, 0.1) is 5.82 Å². The van der Waals surface area contributed by atoms with Gasteiger partial charge >= 0.3 is 5.97 Å². The molecule has 14 heteroatoms. The van der Waals surface area contributed by atoms with E-state index in [4.69, 9.17) is 25.8 Å². The molecule has 2 heterocycles. The van der Waals surface area contributed by atoms with Crippen molar-refractivity contribution in [3.8, 4) is 11.5 Å². The number of esters is 1. The standard InChI is InChI=1S/C23H21ClFN3O7S2/c1-3-34-20(29)11-15-12-36-23(26-15)27-22(30)13-8-16(25)21-17(9-13)28(6-7-35-21)37(31,32)19-10-14(24)4-5-18(19)33-2/h4-5,8-10,12H,3,6-7,11H2,1-2H3,(H,26,27,30). The number of nitrogens with zero attached hydrogens (tertiary/aromatic N) is 2. The highest BCUT2D eigenvalue weighted by atomic mass is 35.5. The molecule has 196 valence electrons. The Kier molecular flexibility index (Phi) is 7.85. The summed E-state index contributed by atoms with van der Waals surface area (Å²) in [4.78, 5) is 28.5. The molecule has 37 heavy (non-hydrogen) atoms. The maximum absolute atomic E-state index is 15.0. The van der Waals surface area contributed by atoms with Gasteiger partial charge in [0.2, 0.25) is 0 Å². The van der Waals surface area contributed by atoms with E-state index < -0.39 is 27.7 Å². The smallest absolute Gasteiger partial charge is 0.311 e. The van der Waals surface area contributed by atoms with Crippen LogP contribution in [0.25, 0.3) is 0 Å². The zero-order valence-electron chi connectivity index (χ0n) is 19.6. The van der Waals surface area contributed by atoms with Crippen molar-refractivity contribution in [3.05, 3.63) is 57.8 Å². The van der Waals surface area contributed by atoms with Gasteiger partial charge in [0.1, 0.15) is 17.3 Å². The summed E-state index contributed by atoms with van der Waals surface area (Å²) in [6.45, 7) is 1.67. The molecule has 2 aromatic carbocycles. The van der Waals surface area contributed by atoms with Crippen LogP contribution in [-0.4, -0.2) is 52.1 Å². The highest BCUT2D eigenvalue weighted by Crippen LogP contribution is 2.40. The summed E-state index contributed by atoms with van der Waals surface area (Å²) in [5, 5.41) is 4.45. The molecule has 0 bridgehead atoms. The van der Waals surface area contributed by atoms with Crippen molar-refractivity contribution in [1.82, 2.24) is 4.98 Å². The van der Waals surface area contributed by atoms with Gasteiger partial charge in [0, 0.05) is 16.0 Å². The quantitative estimate of drug-likeness (QED) is 0.405. The first-order chi connectivity index (χ1) is 17.6. The molecule has 1 aliphatic heterocycles. The number of methoxy groups -OCH3 is 1. The Balaban J connectivity index is 1.64. The lowest BCUT2D eigenvalue weighted by Crippen LogP contribution is -2.38. The predicted octanol–water partition coefficient (Wildman–Crippen LogP) is 3.89. The largest absolute Gasteiger partial charge is 0.495 e. The number of hydrogen-bond donors (Lipinski definition) is 1. The molecule has 1 N–H and O–H groups in total. The Morgan fingerprint density at radius 1 is 1.30 bits per heavy atom. The number of halogens is 2. The number of fused-ring (bicyclic) bond motifs is 1. The van der Waals surface area contributed by atoms with Gasteiger partial charge in [0.05, 0.1) is 38.1 Å². The molecule has 0 spiro atoms. The molecule has 0 saturated carbocycles. The van der Waals surface area contributed by atoms with Gasteiger partial charge in [-0.3, -0.25) is 19.2 Å². The van der Waals surface area contributed by atoms with Gasteiger partial charge in [0.15, 0.2) is 16.7 Å². The first kappa shape index (κ1) is 26.6. The fraction of sp³-hybridized carbons (Fsp3) is 0.261. The highest BCUT2D eigenvalue weighted by molar-refractivity contribution is 7.93. The Morgan fingerprint density at radius 2 is 2.08 bits per heavy atom. The number of sulfonamides is 1. The zero-order valence-corrected chi connectivity index (χ0v) is 22.0. The van der Waals surface area contributed by atoms with E-state index >= 15 is 0 Å². The number of rotatable bonds is 8. The molecule has 0 saturated heterocycles. The zero-order chi connectivity index (χ0) is 26.7. The van der Waals surface area contributed by atoms with Crippen molar-refractivity contribution in [2.75, 3.05) is 36.5 Å². The summed E-state index contributed by atoms with van der Waals surface area (Å²) >= 11 is 7.10. The van der Waals surface area contributed by atoms with Crippen molar-refractivity contribution >= 4 is 55.7 Å². The number of thiazole rings is 1. The van der Waals surface area contributed by atoms with Gasteiger partial charge in [-0.15, -0.1) is 11.3 Å². The molecule has 1 aliphatic rings. The van der Waals surface area contributed by atoms with Crippen molar-refractivity contribution in [3.63, 3.8) is 0 Å². The first-order valence-corrected chi connectivity index (χ1v) is 13.6. The van der Waals surface area contributed by atoms with Gasteiger partial charge in [-0.25, -0.2) is 17.8 Å². The fourth-order valence-electron chi connectivity index (χ4n) is 3.58. The van der Waals surface area contributed by atoms with Crippen molar-refractivity contribution in [1.29, 1.82) is 0 Å². The number of anilines is 2. The van der Waals surface area contributed by atoms with Gasteiger partial charge in [-0.05, 0) is 37.3 Å². The molecule has 3 aromatic rings. The van der Waals surface area contributed by atoms with E-state index in [0.717, 1.165) is 21.7 Å². The second-order valence-electron chi connectivity index (χ2n) is 7.61. The summed E-state index contributed by atoms with van der Waals surface area (Å²) in [5.74, 6) is -2.36. The molecular formula is C23H21ClFN3O7S2. The number of ether oxygens (including phenoxy) is 3.